The minimum Gasteiger partial charge on any atom is -0.504 e. The molecular formula is C14H16O5. The van der Waals surface area contributed by atoms with Gasteiger partial charge in [0.2, 0.25) is 0 Å². The molecule has 0 spiro atoms. The number of rotatable bonds is 5. The first-order chi connectivity index (χ1) is 8.99. The van der Waals surface area contributed by atoms with Crippen molar-refractivity contribution in [3.05, 3.63) is 29.3 Å². The summed E-state index contributed by atoms with van der Waals surface area (Å²) in [7, 11) is 1.43. The van der Waals surface area contributed by atoms with Crippen molar-refractivity contribution in [1.82, 2.24) is 0 Å². The number of phenolic OH excluding ortho intramolecular Hbond substituents is 1. The van der Waals surface area contributed by atoms with Crippen LogP contribution in [0.15, 0.2) is 23.8 Å². The second-order valence-electron chi connectivity index (χ2n) is 3.77. The van der Waals surface area contributed by atoms with E-state index in [2.05, 4.69) is 0 Å². The summed E-state index contributed by atoms with van der Waals surface area (Å²) < 4.78 is 9.71. The van der Waals surface area contributed by atoms with Gasteiger partial charge in [-0.25, -0.2) is 4.79 Å². The van der Waals surface area contributed by atoms with Crippen LogP contribution in [0.25, 0.3) is 6.08 Å². The number of phenols is 1. The molecule has 1 N–H and O–H groups in total. The summed E-state index contributed by atoms with van der Waals surface area (Å²) in [6.45, 7) is 3.14. The molecule has 0 heterocycles. The van der Waals surface area contributed by atoms with E-state index in [1.165, 1.54) is 26.2 Å². The molecule has 19 heavy (non-hydrogen) atoms. The minimum atomic E-state index is -0.676. The Bertz CT molecular complexity index is 517. The van der Waals surface area contributed by atoms with Crippen LogP contribution < -0.4 is 4.74 Å². The lowest BCUT2D eigenvalue weighted by Crippen LogP contribution is -2.13. The van der Waals surface area contributed by atoms with Crippen LogP contribution in [0.4, 0.5) is 0 Å². The first kappa shape index (κ1) is 14.8. The number of ketones is 1. The Morgan fingerprint density at radius 3 is 2.53 bits per heavy atom. The largest absolute Gasteiger partial charge is 0.504 e. The molecule has 0 amide bonds. The molecule has 1 rings (SSSR count). The summed E-state index contributed by atoms with van der Waals surface area (Å²) >= 11 is 0. The van der Waals surface area contributed by atoms with E-state index in [1.807, 2.05) is 0 Å². The van der Waals surface area contributed by atoms with Gasteiger partial charge in [0.25, 0.3) is 0 Å². The minimum absolute atomic E-state index is 0.0635. The topological polar surface area (TPSA) is 72.8 Å². The number of methoxy groups -OCH3 is 1. The molecule has 102 valence electrons. The molecule has 0 fully saturated rings. The lowest BCUT2D eigenvalue weighted by Gasteiger charge is -2.06. The van der Waals surface area contributed by atoms with Crippen LogP contribution >= 0.6 is 0 Å². The fraction of sp³-hybridized carbons (Fsp3) is 0.286. The first-order valence-electron chi connectivity index (χ1n) is 5.76. The molecule has 0 saturated carbocycles. The smallest absolute Gasteiger partial charge is 0.341 e. The maximum absolute atomic E-state index is 11.6. The molecule has 1 aromatic rings. The third kappa shape index (κ3) is 3.84. The highest BCUT2D eigenvalue weighted by molar-refractivity contribution is 6.19. The van der Waals surface area contributed by atoms with E-state index in [0.717, 1.165) is 0 Å². The van der Waals surface area contributed by atoms with E-state index in [4.69, 9.17) is 9.47 Å². The maximum atomic E-state index is 11.6. The van der Waals surface area contributed by atoms with Crippen molar-refractivity contribution in [2.75, 3.05) is 13.7 Å². The number of aromatic hydroxyl groups is 1. The second kappa shape index (κ2) is 6.58. The molecule has 5 heteroatoms. The maximum Gasteiger partial charge on any atom is 0.341 e. The summed E-state index contributed by atoms with van der Waals surface area (Å²) in [4.78, 5) is 23.0. The van der Waals surface area contributed by atoms with Crippen molar-refractivity contribution in [3.63, 3.8) is 0 Å². The summed E-state index contributed by atoms with van der Waals surface area (Å²) in [6, 6.07) is 4.58. The molecule has 0 aliphatic heterocycles. The van der Waals surface area contributed by atoms with Gasteiger partial charge in [0.15, 0.2) is 17.3 Å². The predicted molar refractivity (Wildman–Crippen MR) is 69.9 cm³/mol. The van der Waals surface area contributed by atoms with Gasteiger partial charge >= 0.3 is 5.97 Å². The Hall–Kier alpha value is -2.30. The number of hydrogen-bond donors (Lipinski definition) is 1. The van der Waals surface area contributed by atoms with E-state index in [0.29, 0.717) is 11.3 Å². The van der Waals surface area contributed by atoms with Gasteiger partial charge in [0.1, 0.15) is 5.57 Å². The van der Waals surface area contributed by atoms with Gasteiger partial charge in [-0.05, 0) is 37.6 Å². The molecular weight excluding hydrogens is 248 g/mol. The molecule has 0 radical (unpaired) electrons. The van der Waals surface area contributed by atoms with E-state index in [1.54, 1.807) is 19.1 Å². The first-order valence-corrected chi connectivity index (χ1v) is 5.76. The average molecular weight is 264 g/mol. The van der Waals surface area contributed by atoms with Gasteiger partial charge < -0.3 is 14.6 Å². The molecule has 0 bridgehead atoms. The fourth-order valence-electron chi connectivity index (χ4n) is 1.48. The Morgan fingerprint density at radius 2 is 2.05 bits per heavy atom. The zero-order valence-electron chi connectivity index (χ0n) is 11.1. The Labute approximate surface area is 111 Å². The standard InChI is InChI=1S/C14H16O5/c1-4-19-14(17)11(9(2)15)7-10-5-6-13(18-3)12(16)8-10/h5-8,16H,4H2,1-3H3/b11-7+. The molecule has 0 aliphatic rings. The van der Waals surface area contributed by atoms with Crippen molar-refractivity contribution in [2.45, 2.75) is 13.8 Å². The van der Waals surface area contributed by atoms with E-state index in [9.17, 15) is 14.7 Å². The number of carbonyl (C=O) groups excluding carboxylic acids is 2. The third-order valence-corrected chi connectivity index (χ3v) is 2.39. The van der Waals surface area contributed by atoms with Crippen molar-refractivity contribution < 1.29 is 24.2 Å². The number of carbonyl (C=O) groups is 2. The lowest BCUT2D eigenvalue weighted by atomic mass is 10.1. The molecule has 0 atom stereocenters. The third-order valence-electron chi connectivity index (χ3n) is 2.39. The van der Waals surface area contributed by atoms with E-state index >= 15 is 0 Å². The van der Waals surface area contributed by atoms with Crippen molar-refractivity contribution in [3.8, 4) is 11.5 Å². The Balaban J connectivity index is 3.12. The van der Waals surface area contributed by atoms with Gasteiger partial charge in [-0.2, -0.15) is 0 Å². The van der Waals surface area contributed by atoms with Crippen LogP contribution in [0.2, 0.25) is 0 Å². The normalized spacial score (nSPS) is 11.0. The SMILES string of the molecule is CCOC(=O)/C(=C/c1ccc(OC)c(O)c1)C(C)=O. The summed E-state index contributed by atoms with van der Waals surface area (Å²) in [5, 5.41) is 9.63. The number of benzene rings is 1. The van der Waals surface area contributed by atoms with Crippen molar-refractivity contribution >= 4 is 17.8 Å². The quantitative estimate of drug-likeness (QED) is 0.381. The Morgan fingerprint density at radius 1 is 1.37 bits per heavy atom. The summed E-state index contributed by atoms with van der Waals surface area (Å²) in [5.41, 5.74) is 0.447. The summed E-state index contributed by atoms with van der Waals surface area (Å²) in [5.74, 6) is -0.820. The number of hydrogen-bond acceptors (Lipinski definition) is 5. The number of ether oxygens (including phenoxy) is 2. The molecule has 0 aromatic heterocycles. The Kier molecular flexibility index (Phi) is 5.11. The van der Waals surface area contributed by atoms with Crippen LogP contribution in [0.3, 0.4) is 0 Å². The van der Waals surface area contributed by atoms with Crippen LogP contribution in [0, 0.1) is 0 Å². The van der Waals surface area contributed by atoms with Gasteiger partial charge in [-0.3, -0.25) is 4.79 Å². The fourth-order valence-corrected chi connectivity index (χ4v) is 1.48. The van der Waals surface area contributed by atoms with Crippen LogP contribution in [-0.4, -0.2) is 30.6 Å². The highest BCUT2D eigenvalue weighted by atomic mass is 16.5. The molecule has 5 nitrogen and oxygen atoms in total. The molecule has 0 saturated heterocycles. The molecule has 0 aliphatic carbocycles. The van der Waals surface area contributed by atoms with Crippen LogP contribution in [-0.2, 0) is 14.3 Å². The van der Waals surface area contributed by atoms with Gasteiger partial charge in [-0.1, -0.05) is 6.07 Å². The highest BCUT2D eigenvalue weighted by Crippen LogP contribution is 2.27. The van der Waals surface area contributed by atoms with Gasteiger partial charge in [-0.15, -0.1) is 0 Å². The zero-order chi connectivity index (χ0) is 14.4. The second-order valence-corrected chi connectivity index (χ2v) is 3.77. The van der Waals surface area contributed by atoms with Gasteiger partial charge in [0.05, 0.1) is 13.7 Å². The van der Waals surface area contributed by atoms with Crippen LogP contribution in [0.1, 0.15) is 19.4 Å². The zero-order valence-corrected chi connectivity index (χ0v) is 11.1. The highest BCUT2D eigenvalue weighted by Gasteiger charge is 2.15. The van der Waals surface area contributed by atoms with Crippen molar-refractivity contribution in [2.24, 2.45) is 0 Å². The van der Waals surface area contributed by atoms with Crippen LogP contribution in [0.5, 0.6) is 11.5 Å². The van der Waals surface area contributed by atoms with E-state index in [-0.39, 0.29) is 17.9 Å². The average Bonchev–Trinajstić information content (AvgIpc) is 2.36. The molecule has 0 unspecified atom stereocenters. The van der Waals surface area contributed by atoms with Gasteiger partial charge in [0, 0.05) is 0 Å². The number of esters is 1. The summed E-state index contributed by atoms with van der Waals surface area (Å²) in [6.07, 6.45) is 1.37. The molecule has 1 aromatic carbocycles. The predicted octanol–water partition coefficient (Wildman–Crippen LogP) is 1.94. The monoisotopic (exact) mass is 264 g/mol. The van der Waals surface area contributed by atoms with E-state index < -0.39 is 11.8 Å². The van der Waals surface area contributed by atoms with Crippen molar-refractivity contribution in [1.29, 1.82) is 0 Å². The lowest BCUT2D eigenvalue weighted by molar-refractivity contribution is -0.139. The number of Topliss-reactive ketones (excluding diaryl/α,β-unsaturated/α-hetero) is 1.